The Bertz CT molecular complexity index is 522. The third-order valence-corrected chi connectivity index (χ3v) is 5.55. The molecule has 0 aromatic heterocycles. The molecule has 2 aliphatic rings. The lowest BCUT2D eigenvalue weighted by Crippen LogP contribution is -2.41. The van der Waals surface area contributed by atoms with Crippen molar-refractivity contribution in [3.63, 3.8) is 0 Å². The van der Waals surface area contributed by atoms with Crippen molar-refractivity contribution in [3.05, 3.63) is 35.4 Å². The lowest BCUT2D eigenvalue weighted by Gasteiger charge is -2.37. The van der Waals surface area contributed by atoms with Crippen LogP contribution >= 0.6 is 0 Å². The third-order valence-electron chi connectivity index (χ3n) is 5.55. The van der Waals surface area contributed by atoms with Crippen LogP contribution in [0, 0.1) is 11.8 Å². The fourth-order valence-corrected chi connectivity index (χ4v) is 4.04. The summed E-state index contributed by atoms with van der Waals surface area (Å²) in [5, 5.41) is 3.47. The van der Waals surface area contributed by atoms with E-state index in [1.165, 1.54) is 24.0 Å². The summed E-state index contributed by atoms with van der Waals surface area (Å²) >= 11 is 0. The van der Waals surface area contributed by atoms with Crippen LogP contribution in [0.3, 0.4) is 0 Å². The van der Waals surface area contributed by atoms with Crippen molar-refractivity contribution in [2.75, 3.05) is 19.6 Å². The van der Waals surface area contributed by atoms with Gasteiger partial charge in [0.05, 0.1) is 6.04 Å². The van der Waals surface area contributed by atoms with Gasteiger partial charge >= 0.3 is 0 Å². The molecule has 1 N–H and O–H groups in total. The summed E-state index contributed by atoms with van der Waals surface area (Å²) in [5.41, 5.74) is 2.73. The van der Waals surface area contributed by atoms with Gasteiger partial charge in [-0.05, 0) is 62.2 Å². The van der Waals surface area contributed by atoms with Gasteiger partial charge in [-0.25, -0.2) is 0 Å². The Balaban J connectivity index is 1.63. The molecule has 1 aromatic rings. The standard InChI is InChI=1S/C19H28N2O/c1-14(17-7-5-10-20-13-17)12-19(22)21-11-9-16-6-3-4-8-18(16)15(21)2/h3-4,6,8,14-15,17,20H,5,7,9-13H2,1-2H3. The zero-order chi connectivity index (χ0) is 15.5. The zero-order valence-corrected chi connectivity index (χ0v) is 13.8. The van der Waals surface area contributed by atoms with Gasteiger partial charge in [0.25, 0.3) is 0 Å². The van der Waals surface area contributed by atoms with Crippen molar-refractivity contribution in [2.45, 2.75) is 45.6 Å². The number of nitrogens with one attached hydrogen (secondary N) is 1. The fraction of sp³-hybridized carbons (Fsp3) is 0.632. The molecular formula is C19H28N2O. The monoisotopic (exact) mass is 300 g/mol. The molecule has 1 fully saturated rings. The quantitative estimate of drug-likeness (QED) is 0.930. The van der Waals surface area contributed by atoms with Gasteiger partial charge < -0.3 is 10.2 Å². The Labute approximate surface area is 134 Å². The first-order valence-electron chi connectivity index (χ1n) is 8.75. The molecule has 1 aromatic carbocycles. The highest BCUT2D eigenvalue weighted by Crippen LogP contribution is 2.31. The van der Waals surface area contributed by atoms with Crippen LogP contribution in [0.15, 0.2) is 24.3 Å². The summed E-state index contributed by atoms with van der Waals surface area (Å²) in [4.78, 5) is 14.9. The van der Waals surface area contributed by atoms with E-state index in [0.717, 1.165) is 26.1 Å². The Morgan fingerprint density at radius 2 is 2.23 bits per heavy atom. The summed E-state index contributed by atoms with van der Waals surface area (Å²) in [6.45, 7) is 7.50. The van der Waals surface area contributed by atoms with Crippen LogP contribution in [0.25, 0.3) is 0 Å². The minimum atomic E-state index is 0.217. The van der Waals surface area contributed by atoms with E-state index in [0.29, 0.717) is 24.2 Å². The molecule has 120 valence electrons. The average molecular weight is 300 g/mol. The van der Waals surface area contributed by atoms with E-state index in [1.54, 1.807) is 0 Å². The summed E-state index contributed by atoms with van der Waals surface area (Å²) in [6.07, 6.45) is 4.20. The van der Waals surface area contributed by atoms with Crippen molar-refractivity contribution >= 4 is 5.91 Å². The van der Waals surface area contributed by atoms with Crippen LogP contribution in [-0.4, -0.2) is 30.4 Å². The highest BCUT2D eigenvalue weighted by atomic mass is 16.2. The number of carbonyl (C=O) groups is 1. The van der Waals surface area contributed by atoms with E-state index in [9.17, 15) is 4.79 Å². The molecule has 0 radical (unpaired) electrons. The minimum absolute atomic E-state index is 0.217. The van der Waals surface area contributed by atoms with Crippen LogP contribution in [0.4, 0.5) is 0 Å². The van der Waals surface area contributed by atoms with Gasteiger partial charge in [0, 0.05) is 13.0 Å². The zero-order valence-electron chi connectivity index (χ0n) is 13.8. The molecule has 0 bridgehead atoms. The molecule has 1 saturated heterocycles. The molecule has 2 heterocycles. The number of amides is 1. The molecule has 1 amide bonds. The van der Waals surface area contributed by atoms with Crippen molar-refractivity contribution in [2.24, 2.45) is 11.8 Å². The number of benzene rings is 1. The van der Waals surface area contributed by atoms with Gasteiger partial charge in [0.1, 0.15) is 0 Å². The second-order valence-electron chi connectivity index (χ2n) is 7.00. The Kier molecular flexibility index (Phi) is 4.82. The number of hydrogen-bond donors (Lipinski definition) is 1. The average Bonchev–Trinajstić information content (AvgIpc) is 2.56. The molecule has 3 unspecified atom stereocenters. The van der Waals surface area contributed by atoms with Crippen LogP contribution in [0.1, 0.15) is 50.3 Å². The van der Waals surface area contributed by atoms with E-state index < -0.39 is 0 Å². The molecule has 0 spiro atoms. The van der Waals surface area contributed by atoms with Crippen LogP contribution in [-0.2, 0) is 11.2 Å². The predicted molar refractivity (Wildman–Crippen MR) is 89.6 cm³/mol. The summed E-state index contributed by atoms with van der Waals surface area (Å²) in [5.74, 6) is 1.47. The first-order valence-corrected chi connectivity index (χ1v) is 8.75. The lowest BCUT2D eigenvalue weighted by atomic mass is 9.84. The summed E-state index contributed by atoms with van der Waals surface area (Å²) in [7, 11) is 0. The molecule has 0 aliphatic carbocycles. The maximum absolute atomic E-state index is 12.8. The summed E-state index contributed by atoms with van der Waals surface area (Å²) < 4.78 is 0. The summed E-state index contributed by atoms with van der Waals surface area (Å²) in [6, 6.07) is 8.77. The van der Waals surface area contributed by atoms with Crippen molar-refractivity contribution in [1.29, 1.82) is 0 Å². The number of nitrogens with zero attached hydrogens (tertiary/aromatic N) is 1. The van der Waals surface area contributed by atoms with Crippen LogP contribution in [0.5, 0.6) is 0 Å². The lowest BCUT2D eigenvalue weighted by molar-refractivity contribution is -0.135. The second kappa shape index (κ2) is 6.82. The van der Waals surface area contributed by atoms with E-state index in [1.807, 2.05) is 0 Å². The van der Waals surface area contributed by atoms with Crippen molar-refractivity contribution < 1.29 is 4.79 Å². The molecule has 2 aliphatic heterocycles. The van der Waals surface area contributed by atoms with E-state index in [2.05, 4.69) is 48.3 Å². The first kappa shape index (κ1) is 15.5. The van der Waals surface area contributed by atoms with Gasteiger partial charge in [0.15, 0.2) is 0 Å². The molecular weight excluding hydrogens is 272 g/mol. The fourth-order valence-electron chi connectivity index (χ4n) is 4.04. The number of rotatable bonds is 3. The first-order chi connectivity index (χ1) is 10.7. The largest absolute Gasteiger partial charge is 0.336 e. The Hall–Kier alpha value is -1.35. The topological polar surface area (TPSA) is 32.3 Å². The van der Waals surface area contributed by atoms with Crippen LogP contribution in [0.2, 0.25) is 0 Å². The maximum atomic E-state index is 12.8. The molecule has 3 heteroatoms. The highest BCUT2D eigenvalue weighted by molar-refractivity contribution is 5.77. The number of piperidine rings is 1. The number of hydrogen-bond acceptors (Lipinski definition) is 2. The number of carbonyl (C=O) groups excluding carboxylic acids is 1. The van der Waals surface area contributed by atoms with E-state index in [4.69, 9.17) is 0 Å². The van der Waals surface area contributed by atoms with Crippen LogP contribution < -0.4 is 5.32 Å². The Morgan fingerprint density at radius 1 is 1.41 bits per heavy atom. The minimum Gasteiger partial charge on any atom is -0.336 e. The smallest absolute Gasteiger partial charge is 0.223 e. The molecule has 22 heavy (non-hydrogen) atoms. The molecule has 0 saturated carbocycles. The Morgan fingerprint density at radius 3 is 3.00 bits per heavy atom. The second-order valence-corrected chi connectivity index (χ2v) is 7.00. The maximum Gasteiger partial charge on any atom is 0.223 e. The van der Waals surface area contributed by atoms with E-state index >= 15 is 0 Å². The van der Waals surface area contributed by atoms with Crippen molar-refractivity contribution in [1.82, 2.24) is 10.2 Å². The SMILES string of the molecule is CC(CC(=O)N1CCc2ccccc2C1C)C1CCCNC1. The molecule has 3 rings (SSSR count). The van der Waals surface area contributed by atoms with Gasteiger partial charge in [-0.2, -0.15) is 0 Å². The van der Waals surface area contributed by atoms with E-state index in [-0.39, 0.29) is 6.04 Å². The number of fused-ring (bicyclic) bond motifs is 1. The third kappa shape index (κ3) is 3.19. The predicted octanol–water partition coefficient (Wildman–Crippen LogP) is 3.16. The van der Waals surface area contributed by atoms with Gasteiger partial charge in [0.2, 0.25) is 5.91 Å². The van der Waals surface area contributed by atoms with Gasteiger partial charge in [-0.3, -0.25) is 4.79 Å². The normalized spacial score (nSPS) is 26.4. The van der Waals surface area contributed by atoms with Gasteiger partial charge in [-0.15, -0.1) is 0 Å². The molecule has 3 nitrogen and oxygen atoms in total. The van der Waals surface area contributed by atoms with Crippen molar-refractivity contribution in [3.8, 4) is 0 Å². The molecule has 3 atom stereocenters. The van der Waals surface area contributed by atoms with Gasteiger partial charge in [-0.1, -0.05) is 31.2 Å². The highest BCUT2D eigenvalue weighted by Gasteiger charge is 2.29.